The average molecular weight is 278 g/mol. The zero-order valence-corrected chi connectivity index (χ0v) is 10.7. The topological polar surface area (TPSA) is 37.8 Å². The van der Waals surface area contributed by atoms with Crippen molar-refractivity contribution in [3.05, 3.63) is 40.6 Å². The molecule has 0 radical (unpaired) electrons. The van der Waals surface area contributed by atoms with Gasteiger partial charge in [-0.2, -0.15) is 0 Å². The van der Waals surface area contributed by atoms with E-state index in [1.54, 1.807) is 0 Å². The number of nitrogens with zero attached hydrogens (tertiary/aromatic N) is 2. The van der Waals surface area contributed by atoms with Crippen LogP contribution in [-0.4, -0.2) is 17.0 Å². The van der Waals surface area contributed by atoms with Gasteiger partial charge in [0.2, 0.25) is 5.95 Å². The van der Waals surface area contributed by atoms with E-state index in [2.05, 4.69) is 43.3 Å². The number of halogens is 1. The van der Waals surface area contributed by atoms with E-state index in [0.717, 1.165) is 21.3 Å². The maximum atomic E-state index is 4.36. The number of aryl methyl sites for hydroxylation is 1. The third-order valence-electron chi connectivity index (χ3n) is 2.36. The van der Waals surface area contributed by atoms with Crippen LogP contribution in [0.15, 0.2) is 34.9 Å². The summed E-state index contributed by atoms with van der Waals surface area (Å²) in [5, 5.41) is 2.93. The van der Waals surface area contributed by atoms with E-state index in [4.69, 9.17) is 0 Å². The molecule has 0 saturated heterocycles. The lowest BCUT2D eigenvalue weighted by Gasteiger charge is -2.06. The molecule has 0 saturated carbocycles. The molecular formula is C12H12BrN3. The second-order valence-electron chi connectivity index (χ2n) is 3.45. The smallest absolute Gasteiger partial charge is 0.222 e. The molecule has 2 rings (SSSR count). The van der Waals surface area contributed by atoms with E-state index in [9.17, 15) is 0 Å². The summed E-state index contributed by atoms with van der Waals surface area (Å²) in [5.74, 6) is 0.651. The van der Waals surface area contributed by atoms with E-state index >= 15 is 0 Å². The fourth-order valence-electron chi connectivity index (χ4n) is 1.50. The van der Waals surface area contributed by atoms with Crippen molar-refractivity contribution in [2.75, 3.05) is 12.4 Å². The molecule has 0 unspecified atom stereocenters. The summed E-state index contributed by atoms with van der Waals surface area (Å²) in [6, 6.07) is 8.13. The van der Waals surface area contributed by atoms with Crippen molar-refractivity contribution in [3.63, 3.8) is 0 Å². The fourth-order valence-corrected chi connectivity index (χ4v) is 1.76. The number of benzene rings is 1. The summed E-state index contributed by atoms with van der Waals surface area (Å²) in [6.07, 6.45) is 1.84. The van der Waals surface area contributed by atoms with E-state index in [-0.39, 0.29) is 0 Å². The number of nitrogens with one attached hydrogen (secondary N) is 1. The Labute approximate surface area is 103 Å². The van der Waals surface area contributed by atoms with Crippen molar-refractivity contribution in [1.29, 1.82) is 0 Å². The monoisotopic (exact) mass is 277 g/mol. The molecular weight excluding hydrogens is 266 g/mol. The van der Waals surface area contributed by atoms with Crippen molar-refractivity contribution in [2.45, 2.75) is 6.92 Å². The summed E-state index contributed by atoms with van der Waals surface area (Å²) in [6.45, 7) is 1.99. The van der Waals surface area contributed by atoms with E-state index in [1.165, 1.54) is 0 Å². The predicted octanol–water partition coefficient (Wildman–Crippen LogP) is 3.26. The standard InChI is InChI=1S/C12H12BrN3/c1-8-11(7-15-12(14-2)16-8)9-3-5-10(13)6-4-9/h3-7H,1-2H3,(H,14,15,16). The normalized spacial score (nSPS) is 10.2. The Morgan fingerprint density at radius 1 is 1.19 bits per heavy atom. The van der Waals surface area contributed by atoms with Gasteiger partial charge < -0.3 is 5.32 Å². The van der Waals surface area contributed by atoms with Gasteiger partial charge in [-0.25, -0.2) is 9.97 Å². The van der Waals surface area contributed by atoms with Crippen molar-refractivity contribution in [2.24, 2.45) is 0 Å². The summed E-state index contributed by atoms with van der Waals surface area (Å²) in [4.78, 5) is 8.58. The highest BCUT2D eigenvalue weighted by Gasteiger charge is 2.04. The van der Waals surface area contributed by atoms with Gasteiger partial charge in [-0.3, -0.25) is 0 Å². The molecule has 0 amide bonds. The number of rotatable bonds is 2. The van der Waals surface area contributed by atoms with E-state index in [1.807, 2.05) is 32.3 Å². The first-order valence-electron chi connectivity index (χ1n) is 4.98. The first-order valence-corrected chi connectivity index (χ1v) is 5.77. The zero-order chi connectivity index (χ0) is 11.5. The van der Waals surface area contributed by atoms with E-state index < -0.39 is 0 Å². The maximum absolute atomic E-state index is 4.36. The SMILES string of the molecule is CNc1ncc(-c2ccc(Br)cc2)c(C)n1. The Balaban J connectivity index is 2.44. The van der Waals surface area contributed by atoms with Gasteiger partial charge in [0.25, 0.3) is 0 Å². The van der Waals surface area contributed by atoms with Crippen LogP contribution in [0.3, 0.4) is 0 Å². The van der Waals surface area contributed by atoms with Crippen LogP contribution < -0.4 is 5.32 Å². The Bertz CT molecular complexity index is 494. The van der Waals surface area contributed by atoms with Crippen LogP contribution in [0.5, 0.6) is 0 Å². The fraction of sp³-hybridized carbons (Fsp3) is 0.167. The van der Waals surface area contributed by atoms with Gasteiger partial charge in [0.1, 0.15) is 0 Å². The van der Waals surface area contributed by atoms with Crippen LogP contribution in [0.25, 0.3) is 11.1 Å². The minimum atomic E-state index is 0.651. The zero-order valence-electron chi connectivity index (χ0n) is 9.16. The van der Waals surface area contributed by atoms with Crippen LogP contribution in [0.1, 0.15) is 5.69 Å². The third kappa shape index (κ3) is 2.22. The molecule has 0 spiro atoms. The average Bonchev–Trinajstić information content (AvgIpc) is 2.30. The van der Waals surface area contributed by atoms with Gasteiger partial charge in [0, 0.05) is 23.3 Å². The molecule has 4 heteroatoms. The van der Waals surface area contributed by atoms with Gasteiger partial charge in [0.05, 0.1) is 5.69 Å². The van der Waals surface area contributed by atoms with Crippen molar-refractivity contribution in [1.82, 2.24) is 9.97 Å². The Morgan fingerprint density at radius 3 is 2.44 bits per heavy atom. The molecule has 2 aromatic rings. The molecule has 3 nitrogen and oxygen atoms in total. The second-order valence-corrected chi connectivity index (χ2v) is 4.37. The van der Waals surface area contributed by atoms with Crippen LogP contribution in [0.4, 0.5) is 5.95 Å². The Hall–Kier alpha value is -1.42. The van der Waals surface area contributed by atoms with Crippen molar-refractivity contribution in [3.8, 4) is 11.1 Å². The van der Waals surface area contributed by atoms with Gasteiger partial charge >= 0.3 is 0 Å². The molecule has 0 aliphatic rings. The molecule has 0 aliphatic heterocycles. The maximum Gasteiger partial charge on any atom is 0.222 e. The minimum Gasteiger partial charge on any atom is -0.357 e. The second kappa shape index (κ2) is 4.61. The van der Waals surface area contributed by atoms with Gasteiger partial charge in [0.15, 0.2) is 0 Å². The number of aromatic nitrogens is 2. The molecule has 0 fully saturated rings. The molecule has 82 valence electrons. The lowest BCUT2D eigenvalue weighted by atomic mass is 10.1. The van der Waals surface area contributed by atoms with Gasteiger partial charge in [-0.05, 0) is 24.6 Å². The highest BCUT2D eigenvalue weighted by molar-refractivity contribution is 9.10. The Morgan fingerprint density at radius 2 is 1.88 bits per heavy atom. The van der Waals surface area contributed by atoms with Crippen LogP contribution in [0, 0.1) is 6.92 Å². The van der Waals surface area contributed by atoms with Crippen LogP contribution in [0.2, 0.25) is 0 Å². The highest BCUT2D eigenvalue weighted by atomic mass is 79.9. The lowest BCUT2D eigenvalue weighted by Crippen LogP contribution is -1.98. The molecule has 0 atom stereocenters. The van der Waals surface area contributed by atoms with Gasteiger partial charge in [-0.1, -0.05) is 28.1 Å². The molecule has 16 heavy (non-hydrogen) atoms. The van der Waals surface area contributed by atoms with Crippen LogP contribution in [-0.2, 0) is 0 Å². The Kier molecular flexibility index (Phi) is 3.19. The summed E-state index contributed by atoms with van der Waals surface area (Å²) < 4.78 is 1.07. The molecule has 1 aromatic heterocycles. The number of hydrogen-bond acceptors (Lipinski definition) is 3. The molecule has 0 bridgehead atoms. The first kappa shape index (κ1) is 11.1. The molecule has 1 N–H and O–H groups in total. The molecule has 1 aromatic carbocycles. The first-order chi connectivity index (χ1) is 7.70. The lowest BCUT2D eigenvalue weighted by molar-refractivity contribution is 1.10. The van der Waals surface area contributed by atoms with Crippen molar-refractivity contribution >= 4 is 21.9 Å². The molecule has 0 aliphatic carbocycles. The van der Waals surface area contributed by atoms with Gasteiger partial charge in [-0.15, -0.1) is 0 Å². The van der Waals surface area contributed by atoms with Crippen molar-refractivity contribution < 1.29 is 0 Å². The quantitative estimate of drug-likeness (QED) is 0.916. The third-order valence-corrected chi connectivity index (χ3v) is 2.89. The summed E-state index contributed by atoms with van der Waals surface area (Å²) in [7, 11) is 1.81. The predicted molar refractivity (Wildman–Crippen MR) is 69.5 cm³/mol. The van der Waals surface area contributed by atoms with Crippen LogP contribution >= 0.6 is 15.9 Å². The largest absolute Gasteiger partial charge is 0.357 e. The van der Waals surface area contributed by atoms with E-state index in [0.29, 0.717) is 5.95 Å². The number of hydrogen-bond donors (Lipinski definition) is 1. The molecule has 1 heterocycles. The summed E-state index contributed by atoms with van der Waals surface area (Å²) in [5.41, 5.74) is 3.16. The summed E-state index contributed by atoms with van der Waals surface area (Å²) >= 11 is 3.42. The number of anilines is 1. The highest BCUT2D eigenvalue weighted by Crippen LogP contribution is 2.23. The minimum absolute atomic E-state index is 0.651.